The first-order valence-corrected chi connectivity index (χ1v) is 5.48. The summed E-state index contributed by atoms with van der Waals surface area (Å²) in [5.41, 5.74) is 0. The summed E-state index contributed by atoms with van der Waals surface area (Å²) >= 11 is 0. The summed E-state index contributed by atoms with van der Waals surface area (Å²) in [7, 11) is 0. The van der Waals surface area contributed by atoms with E-state index in [1.807, 2.05) is 0 Å². The third-order valence-corrected chi connectivity index (χ3v) is 2.78. The van der Waals surface area contributed by atoms with Crippen molar-refractivity contribution in [3.8, 4) is 0 Å². The van der Waals surface area contributed by atoms with E-state index in [1.165, 1.54) is 0 Å². The molecule has 0 bridgehead atoms. The largest absolute Gasteiger partial charge is 0.460 e. The molecule has 0 saturated carbocycles. The highest BCUT2D eigenvalue weighted by molar-refractivity contribution is 4.78. The van der Waals surface area contributed by atoms with Crippen LogP contribution in [-0.2, 0) is 0 Å². The molecule has 0 amide bonds. The predicted molar refractivity (Wildman–Crippen MR) is 53.5 cm³/mol. The normalized spacial score (nSPS) is 23.8. The van der Waals surface area contributed by atoms with Crippen molar-refractivity contribution in [1.29, 1.82) is 0 Å². The Labute approximate surface area is 88.8 Å². The Morgan fingerprint density at radius 1 is 1.33 bits per heavy atom. The van der Waals surface area contributed by atoms with Crippen LogP contribution in [0.5, 0.6) is 0 Å². The van der Waals surface area contributed by atoms with Gasteiger partial charge in [-0.1, -0.05) is 6.42 Å². The molecule has 1 N–H and O–H groups in total. The van der Waals surface area contributed by atoms with Crippen molar-refractivity contribution in [2.24, 2.45) is 0 Å². The van der Waals surface area contributed by atoms with Crippen molar-refractivity contribution in [1.82, 2.24) is 10.2 Å². The van der Waals surface area contributed by atoms with Crippen molar-refractivity contribution in [3.05, 3.63) is 0 Å². The Morgan fingerprint density at radius 3 is 2.40 bits per heavy atom. The quantitative estimate of drug-likeness (QED) is 0.740. The van der Waals surface area contributed by atoms with Gasteiger partial charge in [0.1, 0.15) is 0 Å². The van der Waals surface area contributed by atoms with E-state index >= 15 is 0 Å². The zero-order chi connectivity index (χ0) is 11.5. The molecule has 1 atom stereocenters. The van der Waals surface area contributed by atoms with Crippen molar-refractivity contribution < 1.29 is 13.2 Å². The molecule has 5 heteroatoms. The third-order valence-electron chi connectivity index (χ3n) is 2.78. The number of alkyl halides is 3. The summed E-state index contributed by atoms with van der Waals surface area (Å²) in [5.74, 6) is 0. The van der Waals surface area contributed by atoms with Gasteiger partial charge in [-0.05, 0) is 33.2 Å². The fourth-order valence-electron chi connectivity index (χ4n) is 1.92. The Bertz CT molecular complexity index is 186. The fraction of sp³-hybridized carbons (Fsp3) is 1.00. The number of rotatable bonds is 3. The second-order valence-corrected chi connectivity index (χ2v) is 4.36. The monoisotopic (exact) mass is 224 g/mol. The second kappa shape index (κ2) is 5.16. The number of hydrogen-bond donors (Lipinski definition) is 1. The molecule has 1 heterocycles. The van der Waals surface area contributed by atoms with Crippen LogP contribution in [0.4, 0.5) is 13.2 Å². The van der Waals surface area contributed by atoms with Gasteiger partial charge in [0.15, 0.2) is 0 Å². The zero-order valence-corrected chi connectivity index (χ0v) is 9.27. The van der Waals surface area contributed by atoms with Crippen LogP contribution in [-0.4, -0.2) is 36.4 Å². The van der Waals surface area contributed by atoms with E-state index in [-0.39, 0.29) is 12.6 Å². The van der Waals surface area contributed by atoms with Gasteiger partial charge in [0.2, 0.25) is 0 Å². The summed E-state index contributed by atoms with van der Waals surface area (Å²) in [6.07, 6.45) is -1.27. The Hall–Kier alpha value is -0.290. The van der Waals surface area contributed by atoms with E-state index in [9.17, 15) is 13.2 Å². The number of nitrogens with one attached hydrogen (secondary N) is 1. The van der Waals surface area contributed by atoms with Gasteiger partial charge in [0.05, 0.1) is 0 Å². The third kappa shape index (κ3) is 3.99. The molecule has 0 aromatic rings. The molecule has 1 aliphatic rings. The lowest BCUT2D eigenvalue weighted by atomic mass is 10.0. The Balaban J connectivity index is 2.50. The summed E-state index contributed by atoms with van der Waals surface area (Å²) in [6.45, 7) is 4.07. The molecular weight excluding hydrogens is 205 g/mol. The van der Waals surface area contributed by atoms with Gasteiger partial charge in [-0.15, -0.1) is 0 Å². The lowest BCUT2D eigenvalue weighted by Crippen LogP contribution is -2.51. The molecule has 0 aromatic heterocycles. The van der Waals surface area contributed by atoms with Gasteiger partial charge >= 0.3 is 6.30 Å². The minimum atomic E-state index is -4.21. The molecule has 1 saturated heterocycles. The highest BCUT2D eigenvalue weighted by Gasteiger charge is 2.39. The van der Waals surface area contributed by atoms with Gasteiger partial charge in [0.25, 0.3) is 0 Å². The smallest absolute Gasteiger partial charge is 0.313 e. The standard InChI is InChI=1S/C10H19F3N2/c1-8(2)15(10(11,12)13)7-9-5-3-4-6-14-9/h8-9,14H,3-7H2,1-2H3. The van der Waals surface area contributed by atoms with Crippen LogP contribution < -0.4 is 5.32 Å². The van der Waals surface area contributed by atoms with Crippen LogP contribution in [0.25, 0.3) is 0 Å². The maximum Gasteiger partial charge on any atom is 0.460 e. The topological polar surface area (TPSA) is 15.3 Å². The summed E-state index contributed by atoms with van der Waals surface area (Å²) in [6, 6.07) is -0.503. The van der Waals surface area contributed by atoms with E-state index in [2.05, 4.69) is 5.32 Å². The first kappa shape index (κ1) is 12.8. The molecule has 1 unspecified atom stereocenters. The molecule has 1 rings (SSSR count). The maximum absolute atomic E-state index is 12.6. The van der Waals surface area contributed by atoms with Crippen molar-refractivity contribution >= 4 is 0 Å². The van der Waals surface area contributed by atoms with Crippen LogP contribution in [0.2, 0.25) is 0 Å². The molecule has 0 radical (unpaired) electrons. The van der Waals surface area contributed by atoms with Crippen LogP contribution >= 0.6 is 0 Å². The van der Waals surface area contributed by atoms with Gasteiger partial charge < -0.3 is 5.32 Å². The van der Waals surface area contributed by atoms with Crippen molar-refractivity contribution in [2.75, 3.05) is 13.1 Å². The van der Waals surface area contributed by atoms with E-state index in [0.717, 1.165) is 25.8 Å². The Kier molecular flexibility index (Phi) is 4.40. The highest BCUT2D eigenvalue weighted by atomic mass is 19.4. The van der Waals surface area contributed by atoms with Crippen LogP contribution in [0.15, 0.2) is 0 Å². The predicted octanol–water partition coefficient (Wildman–Crippen LogP) is 2.36. The number of piperidine rings is 1. The Morgan fingerprint density at radius 2 is 2.00 bits per heavy atom. The van der Waals surface area contributed by atoms with E-state index in [0.29, 0.717) is 4.90 Å². The summed E-state index contributed by atoms with van der Waals surface area (Å²) < 4.78 is 37.9. The SMILES string of the molecule is CC(C)N(CC1CCCCN1)C(F)(F)F. The van der Waals surface area contributed by atoms with Gasteiger partial charge in [-0.25, -0.2) is 4.90 Å². The molecule has 15 heavy (non-hydrogen) atoms. The molecule has 2 nitrogen and oxygen atoms in total. The van der Waals surface area contributed by atoms with Crippen molar-refractivity contribution in [2.45, 2.75) is 51.5 Å². The van der Waals surface area contributed by atoms with Gasteiger partial charge in [-0.2, -0.15) is 13.2 Å². The minimum Gasteiger partial charge on any atom is -0.313 e. The zero-order valence-electron chi connectivity index (χ0n) is 9.27. The number of halogens is 3. The molecule has 0 spiro atoms. The number of hydrogen-bond acceptors (Lipinski definition) is 2. The van der Waals surface area contributed by atoms with E-state index < -0.39 is 12.3 Å². The average Bonchev–Trinajstić information content (AvgIpc) is 2.13. The lowest BCUT2D eigenvalue weighted by molar-refractivity contribution is -0.257. The molecule has 1 fully saturated rings. The molecule has 0 aliphatic carbocycles. The molecule has 90 valence electrons. The highest BCUT2D eigenvalue weighted by Crippen LogP contribution is 2.25. The van der Waals surface area contributed by atoms with E-state index in [1.54, 1.807) is 13.8 Å². The summed E-state index contributed by atoms with van der Waals surface area (Å²) in [4.78, 5) is 0.607. The molecular formula is C10H19F3N2. The lowest BCUT2D eigenvalue weighted by Gasteiger charge is -2.34. The van der Waals surface area contributed by atoms with Crippen molar-refractivity contribution in [3.63, 3.8) is 0 Å². The summed E-state index contributed by atoms with van der Waals surface area (Å²) in [5, 5.41) is 3.13. The first-order valence-electron chi connectivity index (χ1n) is 5.48. The fourth-order valence-corrected chi connectivity index (χ4v) is 1.92. The first-order chi connectivity index (χ1) is 6.91. The van der Waals surface area contributed by atoms with Gasteiger partial charge in [0, 0.05) is 18.6 Å². The second-order valence-electron chi connectivity index (χ2n) is 4.36. The number of nitrogens with zero attached hydrogens (tertiary/aromatic N) is 1. The maximum atomic E-state index is 12.6. The minimum absolute atomic E-state index is 0.0113. The average molecular weight is 224 g/mol. The van der Waals surface area contributed by atoms with Gasteiger partial charge in [-0.3, -0.25) is 0 Å². The molecule has 1 aliphatic heterocycles. The molecule has 0 aromatic carbocycles. The van der Waals surface area contributed by atoms with Crippen LogP contribution in [0, 0.1) is 0 Å². The van der Waals surface area contributed by atoms with Crippen LogP contribution in [0.1, 0.15) is 33.1 Å². The van der Waals surface area contributed by atoms with Crippen LogP contribution in [0.3, 0.4) is 0 Å². The van der Waals surface area contributed by atoms with E-state index in [4.69, 9.17) is 0 Å².